The predicted octanol–water partition coefficient (Wildman–Crippen LogP) is 10.7. The van der Waals surface area contributed by atoms with Gasteiger partial charge in [-0.05, 0) is 156 Å². The number of benzene rings is 1. The van der Waals surface area contributed by atoms with Crippen LogP contribution in [-0.4, -0.2) is 72.5 Å². The lowest BCUT2D eigenvalue weighted by Crippen LogP contribution is -2.60. The summed E-state index contributed by atoms with van der Waals surface area (Å²) in [6, 6.07) is 8.21. The molecule has 0 amide bonds. The van der Waals surface area contributed by atoms with Crippen molar-refractivity contribution in [2.75, 3.05) is 33.7 Å². The van der Waals surface area contributed by atoms with Crippen molar-refractivity contribution >= 4 is 29.3 Å². The number of nitrogens with zero attached hydrogens (tertiary/aromatic N) is 2. The molecule has 0 bridgehead atoms. The van der Waals surface area contributed by atoms with Crippen molar-refractivity contribution in [2.45, 2.75) is 146 Å². The number of ether oxygens (including phenoxy) is 1. The smallest absolute Gasteiger partial charge is 0.309 e. The molecular formula is C48H75ClN2O5. The van der Waals surface area contributed by atoms with Gasteiger partial charge in [0.05, 0.1) is 11.8 Å². The number of fused-ring (bicyclic) bond motifs is 7. The number of carboxylic acid groups (broad SMARTS) is 1. The summed E-state index contributed by atoms with van der Waals surface area (Å²) in [5.74, 6) is 1.63. The van der Waals surface area contributed by atoms with E-state index in [1.165, 1.54) is 30.4 Å². The van der Waals surface area contributed by atoms with Crippen LogP contribution in [0.1, 0.15) is 139 Å². The first-order valence-corrected chi connectivity index (χ1v) is 22.5. The highest BCUT2D eigenvalue weighted by atomic mass is 35.5. The fraction of sp³-hybridized carbons (Fsp3) is 0.771. The summed E-state index contributed by atoms with van der Waals surface area (Å²) in [6.07, 6.45) is 10.3. The van der Waals surface area contributed by atoms with Crippen molar-refractivity contribution in [3.63, 3.8) is 0 Å². The van der Waals surface area contributed by atoms with Crippen LogP contribution in [0.4, 0.5) is 0 Å². The molecule has 8 heteroatoms. The number of carbonyl (C=O) groups is 3. The van der Waals surface area contributed by atoms with E-state index in [1.807, 2.05) is 26.0 Å². The predicted molar refractivity (Wildman–Crippen MR) is 227 cm³/mol. The van der Waals surface area contributed by atoms with Gasteiger partial charge in [-0.25, -0.2) is 0 Å². The lowest BCUT2D eigenvalue weighted by atomic mass is 9.38. The molecule has 9 atom stereocenters. The average molecular weight is 796 g/mol. The summed E-state index contributed by atoms with van der Waals surface area (Å²) < 4.78 is 6.09. The minimum absolute atomic E-state index is 0.0509. The first-order valence-electron chi connectivity index (χ1n) is 22.1. The second-order valence-electron chi connectivity index (χ2n) is 20.1. The molecule has 0 saturated heterocycles. The topological polar surface area (TPSA) is 87.2 Å². The number of aliphatic carboxylic acids is 1. The Morgan fingerprint density at radius 3 is 2.23 bits per heavy atom. The van der Waals surface area contributed by atoms with Gasteiger partial charge in [0.1, 0.15) is 6.10 Å². The SMILES string of the molecule is CC.CC(C)C1=C2C3CCC4C(C)(CCC5C(C)C(OC(=O)CC(C)(C)C(=O)O)CCC54C)C3CCC2(CCN(CCN(C)C)Cc2ccccc2Cl)CC1=O. The van der Waals surface area contributed by atoms with Gasteiger partial charge in [0.25, 0.3) is 0 Å². The first-order chi connectivity index (χ1) is 26.3. The zero-order valence-electron chi connectivity index (χ0n) is 36.8. The van der Waals surface area contributed by atoms with Crippen LogP contribution in [0.2, 0.25) is 5.02 Å². The van der Waals surface area contributed by atoms with Crippen molar-refractivity contribution in [1.82, 2.24) is 9.80 Å². The van der Waals surface area contributed by atoms with Gasteiger partial charge in [0, 0.05) is 36.5 Å². The van der Waals surface area contributed by atoms with Gasteiger partial charge in [-0.1, -0.05) is 83.8 Å². The minimum Gasteiger partial charge on any atom is -0.481 e. The van der Waals surface area contributed by atoms with E-state index in [9.17, 15) is 19.5 Å². The van der Waals surface area contributed by atoms with Gasteiger partial charge < -0.3 is 14.7 Å². The maximum absolute atomic E-state index is 14.2. The van der Waals surface area contributed by atoms with E-state index in [0.717, 1.165) is 69.7 Å². The number of Topliss-reactive ketones (excluding diaryl/α,β-unsaturated/α-hetero) is 1. The molecular weight excluding hydrogens is 720 g/mol. The molecule has 0 radical (unpaired) electrons. The van der Waals surface area contributed by atoms with E-state index in [0.29, 0.717) is 35.9 Å². The Kier molecular flexibility index (Phi) is 14.1. The molecule has 56 heavy (non-hydrogen) atoms. The fourth-order valence-corrected chi connectivity index (χ4v) is 13.2. The number of esters is 1. The van der Waals surface area contributed by atoms with Gasteiger partial charge in [-0.3, -0.25) is 19.3 Å². The Morgan fingerprint density at radius 1 is 0.946 bits per heavy atom. The molecule has 0 spiro atoms. The number of hydrogen-bond acceptors (Lipinski definition) is 6. The van der Waals surface area contributed by atoms with Gasteiger partial charge in [0.2, 0.25) is 0 Å². The summed E-state index contributed by atoms with van der Waals surface area (Å²) in [6.45, 7) is 22.8. The third-order valence-electron chi connectivity index (χ3n) is 15.8. The molecule has 7 nitrogen and oxygen atoms in total. The summed E-state index contributed by atoms with van der Waals surface area (Å²) in [4.78, 5) is 43.6. The minimum atomic E-state index is -1.14. The number of halogens is 1. The molecule has 1 aromatic rings. The highest BCUT2D eigenvalue weighted by Gasteiger charge is 2.65. The maximum Gasteiger partial charge on any atom is 0.309 e. The number of likely N-dealkylation sites (N-methyl/N-ethyl adjacent to an activating group) is 1. The maximum atomic E-state index is 14.2. The van der Waals surface area contributed by atoms with Gasteiger partial charge in [0.15, 0.2) is 5.78 Å². The standard InChI is InChI=1S/C46H69ClN2O5.C2H6/c1-29(2)40-36(50)26-46(22-23-49(25-24-48(8)9)28-31-12-10-11-13-35(31)47)21-17-34-32(41(40)46)14-15-38-44(6)20-18-37(30(3)33(44)16-19-45(34,38)7)54-39(51)27-43(4,5)42(52)53;1-2/h10-13,29-30,32-34,37-38H,14-28H2,1-9H3,(H,52,53);1-2H3. The second-order valence-corrected chi connectivity index (χ2v) is 20.5. The molecule has 0 aromatic heterocycles. The Morgan fingerprint density at radius 2 is 1.59 bits per heavy atom. The lowest BCUT2D eigenvalue weighted by molar-refractivity contribution is -0.192. The molecule has 314 valence electrons. The third kappa shape index (κ3) is 8.58. The highest BCUT2D eigenvalue weighted by Crippen LogP contribution is 2.72. The van der Waals surface area contributed by atoms with Crippen LogP contribution in [0.25, 0.3) is 0 Å². The van der Waals surface area contributed by atoms with Crippen LogP contribution >= 0.6 is 11.6 Å². The fourth-order valence-electron chi connectivity index (χ4n) is 13.0. The normalized spacial score (nSPS) is 34.0. The number of rotatable bonds is 13. The van der Waals surface area contributed by atoms with E-state index < -0.39 is 11.4 Å². The van der Waals surface area contributed by atoms with Crippen molar-refractivity contribution < 1.29 is 24.2 Å². The van der Waals surface area contributed by atoms with Gasteiger partial charge in [-0.15, -0.1) is 0 Å². The molecule has 1 N–H and O–H groups in total. The van der Waals surface area contributed by atoms with Crippen LogP contribution in [0.5, 0.6) is 0 Å². The monoisotopic (exact) mass is 795 g/mol. The van der Waals surface area contributed by atoms with Crippen molar-refractivity contribution in [3.05, 3.63) is 46.0 Å². The van der Waals surface area contributed by atoms with Crippen LogP contribution in [0.3, 0.4) is 0 Å². The molecule has 5 aliphatic carbocycles. The van der Waals surface area contributed by atoms with Crippen LogP contribution in [0.15, 0.2) is 35.4 Å². The number of allylic oxidation sites excluding steroid dienone is 2. The second kappa shape index (κ2) is 17.6. The Hall–Kier alpha value is -2.22. The zero-order chi connectivity index (χ0) is 41.4. The molecule has 5 aliphatic rings. The summed E-state index contributed by atoms with van der Waals surface area (Å²) >= 11 is 6.68. The Balaban J connectivity index is 0.00000295. The molecule has 0 heterocycles. The number of carboxylic acids is 1. The first kappa shape index (κ1) is 44.9. The van der Waals surface area contributed by atoms with Crippen LogP contribution < -0.4 is 0 Å². The van der Waals surface area contributed by atoms with E-state index >= 15 is 0 Å². The molecule has 4 fully saturated rings. The Labute approximate surface area is 344 Å². The largest absolute Gasteiger partial charge is 0.481 e. The molecule has 4 saturated carbocycles. The van der Waals surface area contributed by atoms with Crippen LogP contribution in [0, 0.1) is 57.2 Å². The molecule has 9 unspecified atom stereocenters. The van der Waals surface area contributed by atoms with Gasteiger partial charge >= 0.3 is 11.9 Å². The van der Waals surface area contributed by atoms with E-state index in [-0.39, 0.29) is 46.6 Å². The van der Waals surface area contributed by atoms with Crippen LogP contribution in [-0.2, 0) is 25.7 Å². The van der Waals surface area contributed by atoms with Crippen molar-refractivity contribution in [3.8, 4) is 0 Å². The average Bonchev–Trinajstić information content (AvgIpc) is 3.44. The Bertz CT molecular complexity index is 1620. The van der Waals surface area contributed by atoms with E-state index in [1.54, 1.807) is 19.4 Å². The summed E-state index contributed by atoms with van der Waals surface area (Å²) in [5, 5.41) is 10.4. The van der Waals surface area contributed by atoms with E-state index in [4.69, 9.17) is 16.3 Å². The molecule has 0 aliphatic heterocycles. The number of ketones is 1. The summed E-state index contributed by atoms with van der Waals surface area (Å²) in [7, 11) is 4.27. The summed E-state index contributed by atoms with van der Waals surface area (Å²) in [5.41, 5.74) is 3.08. The number of hydrogen-bond donors (Lipinski definition) is 1. The molecule has 1 aromatic carbocycles. The number of carbonyl (C=O) groups excluding carboxylic acids is 2. The van der Waals surface area contributed by atoms with Crippen molar-refractivity contribution in [1.29, 1.82) is 0 Å². The quantitative estimate of drug-likeness (QED) is 0.199. The van der Waals surface area contributed by atoms with Gasteiger partial charge in [-0.2, -0.15) is 0 Å². The van der Waals surface area contributed by atoms with Crippen molar-refractivity contribution in [2.24, 2.45) is 57.2 Å². The third-order valence-corrected chi connectivity index (χ3v) is 16.2. The zero-order valence-corrected chi connectivity index (χ0v) is 37.6. The highest BCUT2D eigenvalue weighted by molar-refractivity contribution is 6.31. The van der Waals surface area contributed by atoms with E-state index in [2.05, 4.69) is 70.6 Å². The molecule has 6 rings (SSSR count). The lowest BCUT2D eigenvalue weighted by Gasteiger charge is -2.67.